The van der Waals surface area contributed by atoms with E-state index in [1.54, 1.807) is 0 Å². The maximum Gasteiger partial charge on any atom is 0.263 e. The Labute approximate surface area is 139 Å². The number of ether oxygens (including phenoxy) is 2. The molecule has 0 atom stereocenters. The van der Waals surface area contributed by atoms with Crippen molar-refractivity contribution in [3.8, 4) is 23.0 Å². The second-order valence-electron chi connectivity index (χ2n) is 5.44. The molecule has 4 rings (SSSR count). The minimum absolute atomic E-state index is 0.492. The SMILES string of the molecule is c1ccc(-c2nc(NCCc3ccc4c(c3)OCCO4)no2)cc1. The summed E-state index contributed by atoms with van der Waals surface area (Å²) in [5.74, 6) is 2.62. The fraction of sp³-hybridized carbons (Fsp3) is 0.222. The van der Waals surface area contributed by atoms with Crippen molar-refractivity contribution < 1.29 is 14.0 Å². The Balaban J connectivity index is 1.35. The third-order valence-corrected chi connectivity index (χ3v) is 3.75. The van der Waals surface area contributed by atoms with Gasteiger partial charge >= 0.3 is 0 Å². The van der Waals surface area contributed by atoms with Gasteiger partial charge in [0.05, 0.1) is 0 Å². The molecular weight excluding hydrogens is 306 g/mol. The van der Waals surface area contributed by atoms with Gasteiger partial charge in [-0.2, -0.15) is 4.98 Å². The van der Waals surface area contributed by atoms with Gasteiger partial charge in [0.25, 0.3) is 11.8 Å². The number of aromatic nitrogens is 2. The Bertz CT molecular complexity index is 817. The second kappa shape index (κ2) is 6.62. The second-order valence-corrected chi connectivity index (χ2v) is 5.44. The van der Waals surface area contributed by atoms with Gasteiger partial charge in [0.1, 0.15) is 13.2 Å². The van der Waals surface area contributed by atoms with E-state index in [0.29, 0.717) is 31.6 Å². The van der Waals surface area contributed by atoms with Crippen molar-refractivity contribution in [2.45, 2.75) is 6.42 Å². The van der Waals surface area contributed by atoms with Gasteiger partial charge in [0.2, 0.25) is 0 Å². The van der Waals surface area contributed by atoms with Crippen molar-refractivity contribution in [1.82, 2.24) is 10.1 Å². The molecule has 0 unspecified atom stereocenters. The molecule has 2 heterocycles. The minimum Gasteiger partial charge on any atom is -0.486 e. The first-order valence-electron chi connectivity index (χ1n) is 7.90. The molecule has 24 heavy (non-hydrogen) atoms. The molecule has 0 fully saturated rings. The normalized spacial score (nSPS) is 12.8. The lowest BCUT2D eigenvalue weighted by Gasteiger charge is -2.18. The van der Waals surface area contributed by atoms with Gasteiger partial charge in [-0.1, -0.05) is 24.3 Å². The molecule has 6 nitrogen and oxygen atoms in total. The number of hydrogen-bond acceptors (Lipinski definition) is 6. The number of hydrogen-bond donors (Lipinski definition) is 1. The summed E-state index contributed by atoms with van der Waals surface area (Å²) in [6.07, 6.45) is 0.825. The van der Waals surface area contributed by atoms with Crippen LogP contribution in [-0.2, 0) is 6.42 Å². The van der Waals surface area contributed by atoms with Crippen molar-refractivity contribution in [2.75, 3.05) is 25.1 Å². The van der Waals surface area contributed by atoms with Gasteiger partial charge in [-0.25, -0.2) is 0 Å². The third kappa shape index (κ3) is 3.17. The van der Waals surface area contributed by atoms with Crippen molar-refractivity contribution in [3.63, 3.8) is 0 Å². The molecule has 2 aromatic carbocycles. The molecule has 0 radical (unpaired) electrons. The average Bonchev–Trinajstić information content (AvgIpc) is 3.11. The Kier molecular flexibility index (Phi) is 4.02. The van der Waals surface area contributed by atoms with Gasteiger partial charge in [-0.3, -0.25) is 0 Å². The zero-order valence-electron chi connectivity index (χ0n) is 13.1. The summed E-state index contributed by atoms with van der Waals surface area (Å²) in [7, 11) is 0. The van der Waals surface area contributed by atoms with Crippen LogP contribution in [0.5, 0.6) is 11.5 Å². The highest BCUT2D eigenvalue weighted by atomic mass is 16.6. The quantitative estimate of drug-likeness (QED) is 0.778. The van der Waals surface area contributed by atoms with Crippen LogP contribution in [0.25, 0.3) is 11.5 Å². The first-order chi connectivity index (χ1) is 11.9. The molecule has 3 aromatic rings. The molecule has 1 aliphatic rings. The van der Waals surface area contributed by atoms with Crippen molar-refractivity contribution in [3.05, 3.63) is 54.1 Å². The van der Waals surface area contributed by atoms with E-state index in [2.05, 4.69) is 15.5 Å². The molecule has 1 aliphatic heterocycles. The molecule has 0 amide bonds. The van der Waals surface area contributed by atoms with Crippen LogP contribution in [0.2, 0.25) is 0 Å². The van der Waals surface area contributed by atoms with Crippen LogP contribution in [0, 0.1) is 0 Å². The fourth-order valence-electron chi connectivity index (χ4n) is 2.56. The number of anilines is 1. The van der Waals surface area contributed by atoms with E-state index in [4.69, 9.17) is 14.0 Å². The molecule has 0 spiro atoms. The molecule has 0 bridgehead atoms. The Morgan fingerprint density at radius 3 is 2.67 bits per heavy atom. The molecule has 0 saturated heterocycles. The Morgan fingerprint density at radius 2 is 1.79 bits per heavy atom. The van der Waals surface area contributed by atoms with E-state index >= 15 is 0 Å². The van der Waals surface area contributed by atoms with Crippen molar-refractivity contribution >= 4 is 5.95 Å². The van der Waals surface area contributed by atoms with Gasteiger partial charge in [0.15, 0.2) is 11.5 Å². The van der Waals surface area contributed by atoms with Gasteiger partial charge in [-0.15, -0.1) is 0 Å². The summed E-state index contributed by atoms with van der Waals surface area (Å²) >= 11 is 0. The van der Waals surface area contributed by atoms with Crippen LogP contribution in [0.4, 0.5) is 5.95 Å². The fourth-order valence-corrected chi connectivity index (χ4v) is 2.56. The number of nitrogens with zero attached hydrogens (tertiary/aromatic N) is 2. The third-order valence-electron chi connectivity index (χ3n) is 3.75. The van der Waals surface area contributed by atoms with E-state index < -0.39 is 0 Å². The van der Waals surface area contributed by atoms with Crippen molar-refractivity contribution in [1.29, 1.82) is 0 Å². The molecule has 0 saturated carbocycles. The number of nitrogens with one attached hydrogen (secondary N) is 1. The summed E-state index contributed by atoms with van der Waals surface area (Å²) < 4.78 is 16.4. The molecule has 0 aliphatic carbocycles. The van der Waals surface area contributed by atoms with E-state index in [9.17, 15) is 0 Å². The maximum absolute atomic E-state index is 5.60. The molecule has 122 valence electrons. The van der Waals surface area contributed by atoms with Crippen LogP contribution in [0.3, 0.4) is 0 Å². The predicted molar refractivity (Wildman–Crippen MR) is 89.4 cm³/mol. The van der Waals surface area contributed by atoms with Crippen LogP contribution >= 0.6 is 0 Å². The highest BCUT2D eigenvalue weighted by Gasteiger charge is 2.12. The van der Waals surface area contributed by atoms with Crippen LogP contribution in [0.15, 0.2) is 53.1 Å². The van der Waals surface area contributed by atoms with Crippen LogP contribution in [-0.4, -0.2) is 29.9 Å². The summed E-state index contributed by atoms with van der Waals surface area (Å²) in [4.78, 5) is 4.35. The summed E-state index contributed by atoms with van der Waals surface area (Å²) in [5, 5.41) is 7.13. The minimum atomic E-state index is 0.492. The zero-order chi connectivity index (χ0) is 16.2. The summed E-state index contributed by atoms with van der Waals surface area (Å²) in [6, 6.07) is 15.7. The largest absolute Gasteiger partial charge is 0.486 e. The Hall–Kier alpha value is -3.02. The molecule has 1 N–H and O–H groups in total. The summed E-state index contributed by atoms with van der Waals surface area (Å²) in [5.41, 5.74) is 2.07. The predicted octanol–water partition coefficient (Wildman–Crippen LogP) is 3.16. The highest BCUT2D eigenvalue weighted by molar-refractivity contribution is 5.53. The summed E-state index contributed by atoms with van der Waals surface area (Å²) in [6.45, 7) is 1.91. The van der Waals surface area contributed by atoms with Gasteiger partial charge in [0, 0.05) is 12.1 Å². The lowest BCUT2D eigenvalue weighted by molar-refractivity contribution is 0.171. The first-order valence-corrected chi connectivity index (χ1v) is 7.90. The smallest absolute Gasteiger partial charge is 0.263 e. The maximum atomic E-state index is 5.60. The van der Waals surface area contributed by atoms with Gasteiger partial charge < -0.3 is 19.3 Å². The van der Waals surface area contributed by atoms with Gasteiger partial charge in [-0.05, 0) is 41.4 Å². The zero-order valence-corrected chi connectivity index (χ0v) is 13.1. The van der Waals surface area contributed by atoms with E-state index in [0.717, 1.165) is 23.5 Å². The number of benzene rings is 2. The molecule has 1 aromatic heterocycles. The first kappa shape index (κ1) is 14.6. The average molecular weight is 323 g/mol. The molecular formula is C18H17N3O3. The Morgan fingerprint density at radius 1 is 0.958 bits per heavy atom. The highest BCUT2D eigenvalue weighted by Crippen LogP contribution is 2.30. The standard InChI is InChI=1S/C18H17N3O3/c1-2-4-14(5-3-1)17-20-18(21-24-17)19-9-8-13-6-7-15-16(12-13)23-11-10-22-15/h1-7,12H,8-11H2,(H,19,21). The van der Waals surface area contributed by atoms with E-state index in [1.807, 2.05) is 48.5 Å². The molecule has 6 heteroatoms. The lowest BCUT2D eigenvalue weighted by Crippen LogP contribution is -2.15. The van der Waals surface area contributed by atoms with Crippen LogP contribution < -0.4 is 14.8 Å². The number of rotatable bonds is 5. The number of fused-ring (bicyclic) bond motifs is 1. The van der Waals surface area contributed by atoms with Crippen molar-refractivity contribution in [2.24, 2.45) is 0 Å². The lowest BCUT2D eigenvalue weighted by atomic mass is 10.1. The van der Waals surface area contributed by atoms with E-state index in [-0.39, 0.29) is 0 Å². The monoisotopic (exact) mass is 323 g/mol. The topological polar surface area (TPSA) is 69.4 Å². The van der Waals surface area contributed by atoms with E-state index in [1.165, 1.54) is 5.56 Å². The van der Waals surface area contributed by atoms with Crippen LogP contribution in [0.1, 0.15) is 5.56 Å².